The molecule has 7 saturated carbocycles. The summed E-state index contributed by atoms with van der Waals surface area (Å²) in [5.74, 6) is 4.06. The van der Waals surface area contributed by atoms with Crippen molar-refractivity contribution in [2.45, 2.75) is 264 Å². The van der Waals surface area contributed by atoms with E-state index < -0.39 is 0 Å². The first-order valence-electron chi connectivity index (χ1n) is 28.2. The van der Waals surface area contributed by atoms with Gasteiger partial charge in [0.2, 0.25) is 11.8 Å². The Morgan fingerprint density at radius 3 is 1.00 bits per heavy atom. The van der Waals surface area contributed by atoms with Crippen molar-refractivity contribution in [3.8, 4) is 0 Å². The number of amides is 2. The molecule has 10 unspecified atom stereocenters. The van der Waals surface area contributed by atoms with Crippen molar-refractivity contribution in [1.29, 1.82) is 0 Å². The molecule has 0 aromatic heterocycles. The van der Waals surface area contributed by atoms with Gasteiger partial charge < -0.3 is 20.4 Å². The van der Waals surface area contributed by atoms with Gasteiger partial charge in [-0.1, -0.05) is 92.9 Å². The van der Waals surface area contributed by atoms with Gasteiger partial charge in [0.05, 0.1) is 0 Å². The monoisotopic (exact) mass is 889 g/mol. The third-order valence-electron chi connectivity index (χ3n) is 20.9. The number of piperidine rings is 2. The molecule has 0 aromatic carbocycles. The summed E-state index contributed by atoms with van der Waals surface area (Å²) in [7, 11) is 0.190. The summed E-state index contributed by atoms with van der Waals surface area (Å²) >= 11 is 0. The van der Waals surface area contributed by atoms with Gasteiger partial charge in [0.25, 0.3) is 0 Å². The Kier molecular flexibility index (Phi) is 14.4. The number of rotatable bonds is 8. The molecule has 0 aromatic rings. The fourth-order valence-corrected chi connectivity index (χ4v) is 27.5. The number of likely N-dealkylation sites (tertiary alicyclic amines) is 2. The Hall–Kier alpha value is -0.280. The smallest absolute Gasteiger partial charge is 0.226 e. The molecule has 6 nitrogen and oxygen atoms in total. The summed E-state index contributed by atoms with van der Waals surface area (Å²) in [4.78, 5) is 35.3. The van der Waals surface area contributed by atoms with Gasteiger partial charge in [-0.3, -0.25) is 9.59 Å². The van der Waals surface area contributed by atoms with Crippen molar-refractivity contribution in [2.24, 2.45) is 35.5 Å². The highest BCUT2D eigenvalue weighted by atomic mass is 31.1. The van der Waals surface area contributed by atoms with Crippen LogP contribution < -0.4 is 10.6 Å². The van der Waals surface area contributed by atoms with Crippen LogP contribution in [0.4, 0.5) is 0 Å². The highest BCUT2D eigenvalue weighted by Gasteiger charge is 2.57. The van der Waals surface area contributed by atoms with Crippen molar-refractivity contribution < 1.29 is 9.59 Å². The molecule has 0 spiro atoms. The maximum atomic E-state index is 15.1. The van der Waals surface area contributed by atoms with Crippen molar-refractivity contribution in [3.63, 3.8) is 0 Å². The van der Waals surface area contributed by atoms with Crippen molar-refractivity contribution in [1.82, 2.24) is 20.4 Å². The standard InChI is InChI=1S/C54H90N4O2P2/c59-53(57-49-27-25-43(33-45(49)47-35-55-31-29-51(47)57)61(39-13-5-1-6-14-39)40-15-7-2-8-16-40)37-21-23-38(24-22-37)54(60)58-50-28-26-44(34-46(50)48-36-56-32-30-52(48)58)62(41-17-9-3-10-18-41)42-19-11-4-12-20-42/h37-52,55-56H,1-36H2. The molecule has 62 heavy (non-hydrogen) atoms. The second-order valence-corrected chi connectivity index (χ2v) is 30.1. The minimum absolute atomic E-state index is 0.0952. The van der Waals surface area contributed by atoms with Crippen LogP contribution in [0.3, 0.4) is 0 Å². The second-order valence-electron chi connectivity index (χ2n) is 23.9. The summed E-state index contributed by atoms with van der Waals surface area (Å²) in [5, 5.41) is 7.69. The molecule has 4 aliphatic heterocycles. The quantitative estimate of drug-likeness (QED) is 0.238. The first kappa shape index (κ1) is 44.2. The van der Waals surface area contributed by atoms with Gasteiger partial charge in [0, 0.05) is 49.1 Å². The van der Waals surface area contributed by atoms with Crippen LogP contribution >= 0.6 is 15.8 Å². The molecule has 4 saturated heterocycles. The van der Waals surface area contributed by atoms with E-state index in [1.54, 1.807) is 0 Å². The molecule has 11 fully saturated rings. The van der Waals surface area contributed by atoms with E-state index in [2.05, 4.69) is 20.4 Å². The van der Waals surface area contributed by atoms with Gasteiger partial charge in [-0.15, -0.1) is 0 Å². The lowest BCUT2D eigenvalue weighted by atomic mass is 9.76. The minimum atomic E-state index is 0.0952. The van der Waals surface area contributed by atoms with Crippen LogP contribution in [0.1, 0.15) is 205 Å². The summed E-state index contributed by atoms with van der Waals surface area (Å²) in [6, 6.07) is 1.87. The highest BCUT2D eigenvalue weighted by molar-refractivity contribution is 7.60. The topological polar surface area (TPSA) is 64.7 Å². The third kappa shape index (κ3) is 8.71. The first-order chi connectivity index (χ1) is 30.6. The zero-order valence-corrected chi connectivity index (χ0v) is 41.1. The zero-order chi connectivity index (χ0) is 41.6. The van der Waals surface area contributed by atoms with Gasteiger partial charge in [0.1, 0.15) is 0 Å². The molecule has 8 heteroatoms. The number of fused-ring (bicyclic) bond motifs is 6. The minimum Gasteiger partial charge on any atom is -0.336 e. The Bertz CT molecular complexity index is 1350. The normalized spacial score (nSPS) is 41.8. The summed E-state index contributed by atoms with van der Waals surface area (Å²) < 4.78 is 0. The molecule has 11 rings (SSSR count). The number of hydrogen-bond acceptors (Lipinski definition) is 4. The van der Waals surface area contributed by atoms with E-state index in [-0.39, 0.29) is 27.7 Å². The number of nitrogens with zero attached hydrogens (tertiary/aromatic N) is 2. The first-order valence-corrected chi connectivity index (χ1v) is 31.3. The van der Waals surface area contributed by atoms with Crippen molar-refractivity contribution in [2.75, 3.05) is 26.2 Å². The SMILES string of the molecule is O=C(C1CCC(C(=O)N2C3CCNCC3C3CC(P(C4CCCCC4)C4CCCCC4)CCC32)CC1)N1C2CCNCC2C2CC(P(C3CCCCC3)C3CCCCC3)CCC21. The molecule has 348 valence electrons. The molecule has 10 atom stereocenters. The Labute approximate surface area is 381 Å². The largest absolute Gasteiger partial charge is 0.336 e. The van der Waals surface area contributed by atoms with Crippen molar-refractivity contribution >= 4 is 27.7 Å². The predicted molar refractivity (Wildman–Crippen MR) is 260 cm³/mol. The van der Waals surface area contributed by atoms with Gasteiger partial charge in [-0.2, -0.15) is 0 Å². The fraction of sp³-hybridized carbons (Fsp3) is 0.963. The number of nitrogens with one attached hydrogen (secondary N) is 2. The summed E-state index contributed by atoms with van der Waals surface area (Å²) in [5.41, 5.74) is 6.05. The summed E-state index contributed by atoms with van der Waals surface area (Å²) in [6.45, 7) is 4.41. The molecule has 0 bridgehead atoms. The lowest BCUT2D eigenvalue weighted by Gasteiger charge is -2.47. The van der Waals surface area contributed by atoms with Crippen LogP contribution in [0.15, 0.2) is 0 Å². The predicted octanol–water partition coefficient (Wildman–Crippen LogP) is 11.8. The van der Waals surface area contributed by atoms with Crippen LogP contribution in [0.5, 0.6) is 0 Å². The second kappa shape index (κ2) is 20.1. The van der Waals surface area contributed by atoms with E-state index in [4.69, 9.17) is 0 Å². The van der Waals surface area contributed by atoms with Gasteiger partial charge in [-0.05, 0) is 199 Å². The van der Waals surface area contributed by atoms with Crippen LogP contribution in [-0.4, -0.2) is 106 Å². The van der Waals surface area contributed by atoms with E-state index >= 15 is 9.59 Å². The van der Waals surface area contributed by atoms with Crippen LogP contribution in [0, 0.1) is 35.5 Å². The van der Waals surface area contributed by atoms with E-state index in [0.29, 0.717) is 59.7 Å². The van der Waals surface area contributed by atoms with E-state index in [9.17, 15) is 0 Å². The number of hydrogen-bond donors (Lipinski definition) is 2. The zero-order valence-electron chi connectivity index (χ0n) is 39.3. The summed E-state index contributed by atoms with van der Waals surface area (Å²) in [6.07, 6.45) is 44.3. The van der Waals surface area contributed by atoms with Gasteiger partial charge in [0.15, 0.2) is 0 Å². The molecule has 4 heterocycles. The molecule has 7 aliphatic carbocycles. The lowest BCUT2D eigenvalue weighted by Crippen LogP contribution is -2.51. The van der Waals surface area contributed by atoms with Gasteiger partial charge in [-0.25, -0.2) is 0 Å². The van der Waals surface area contributed by atoms with Crippen molar-refractivity contribution in [3.05, 3.63) is 0 Å². The fourth-order valence-electron chi connectivity index (χ4n) is 18.2. The molecular formula is C54H90N4O2P2. The third-order valence-corrected chi connectivity index (χ3v) is 29.0. The van der Waals surface area contributed by atoms with Crippen LogP contribution in [0.2, 0.25) is 0 Å². The van der Waals surface area contributed by atoms with E-state index in [0.717, 1.165) is 98.7 Å². The van der Waals surface area contributed by atoms with Crippen LogP contribution in [0.25, 0.3) is 0 Å². The van der Waals surface area contributed by atoms with E-state index in [1.807, 2.05) is 0 Å². The maximum absolute atomic E-state index is 15.1. The number of carbonyl (C=O) groups is 2. The van der Waals surface area contributed by atoms with E-state index in [1.165, 1.54) is 167 Å². The average molecular weight is 889 g/mol. The Balaban J connectivity index is 0.748. The Morgan fingerprint density at radius 1 is 0.339 bits per heavy atom. The van der Waals surface area contributed by atoms with Crippen LogP contribution in [-0.2, 0) is 9.59 Å². The number of carbonyl (C=O) groups excluding carboxylic acids is 2. The molecule has 2 amide bonds. The Morgan fingerprint density at radius 2 is 0.661 bits per heavy atom. The molecule has 2 N–H and O–H groups in total. The molecule has 0 radical (unpaired) electrons. The molecule has 11 aliphatic rings. The lowest BCUT2D eigenvalue weighted by molar-refractivity contribution is -0.146. The average Bonchev–Trinajstić information content (AvgIpc) is 3.85. The maximum Gasteiger partial charge on any atom is 0.226 e. The molecular weight excluding hydrogens is 799 g/mol. The highest BCUT2D eigenvalue weighted by Crippen LogP contribution is 2.66. The van der Waals surface area contributed by atoms with Gasteiger partial charge >= 0.3 is 0 Å².